The van der Waals surface area contributed by atoms with Crippen LogP contribution in [0.1, 0.15) is 44.0 Å². The molecule has 4 rings (SSSR count). The van der Waals surface area contributed by atoms with Crippen molar-refractivity contribution < 1.29 is 14.3 Å². The fraction of sp³-hybridized carbons (Fsp3) is 0.346. The monoisotopic (exact) mass is 431 g/mol. The Labute approximate surface area is 189 Å². The predicted octanol–water partition coefficient (Wildman–Crippen LogP) is 4.77. The van der Waals surface area contributed by atoms with Gasteiger partial charge in [-0.3, -0.25) is 9.69 Å². The SMILES string of the molecule is CC(C)(C)OC(=O)CCN1Cc2cnc(-c3ccc(OCc4ccccc4)cc3)nc2C1. The van der Waals surface area contributed by atoms with Crippen LogP contribution in [0.3, 0.4) is 0 Å². The summed E-state index contributed by atoms with van der Waals surface area (Å²) >= 11 is 0. The molecule has 2 heterocycles. The predicted molar refractivity (Wildman–Crippen MR) is 123 cm³/mol. The zero-order chi connectivity index (χ0) is 22.6. The van der Waals surface area contributed by atoms with Crippen molar-refractivity contribution in [2.45, 2.75) is 52.5 Å². The lowest BCUT2D eigenvalue weighted by Crippen LogP contribution is -2.27. The summed E-state index contributed by atoms with van der Waals surface area (Å²) in [4.78, 5) is 23.5. The van der Waals surface area contributed by atoms with Crippen LogP contribution in [0.5, 0.6) is 5.75 Å². The Morgan fingerprint density at radius 1 is 1.03 bits per heavy atom. The van der Waals surface area contributed by atoms with Crippen LogP contribution < -0.4 is 4.74 Å². The highest BCUT2D eigenvalue weighted by Crippen LogP contribution is 2.25. The molecule has 0 spiro atoms. The molecule has 0 N–H and O–H groups in total. The number of ether oxygens (including phenoxy) is 2. The molecule has 1 aliphatic heterocycles. The minimum Gasteiger partial charge on any atom is -0.489 e. The lowest BCUT2D eigenvalue weighted by Gasteiger charge is -2.20. The Bertz CT molecular complexity index is 1060. The fourth-order valence-corrected chi connectivity index (χ4v) is 3.60. The number of rotatable bonds is 7. The molecule has 32 heavy (non-hydrogen) atoms. The van der Waals surface area contributed by atoms with E-state index in [0.29, 0.717) is 31.9 Å². The first-order valence-corrected chi connectivity index (χ1v) is 10.9. The van der Waals surface area contributed by atoms with Gasteiger partial charge in [-0.25, -0.2) is 9.97 Å². The number of carbonyl (C=O) groups excluding carboxylic acids is 1. The van der Waals surface area contributed by atoms with Crippen LogP contribution in [0.4, 0.5) is 0 Å². The second-order valence-corrected chi connectivity index (χ2v) is 9.01. The van der Waals surface area contributed by atoms with Gasteiger partial charge >= 0.3 is 5.97 Å². The highest BCUT2D eigenvalue weighted by atomic mass is 16.6. The van der Waals surface area contributed by atoms with E-state index in [4.69, 9.17) is 14.5 Å². The van der Waals surface area contributed by atoms with Crippen molar-refractivity contribution in [2.75, 3.05) is 6.54 Å². The van der Waals surface area contributed by atoms with E-state index in [2.05, 4.69) is 9.88 Å². The molecule has 0 radical (unpaired) electrons. The summed E-state index contributed by atoms with van der Waals surface area (Å²) in [6, 6.07) is 18.0. The highest BCUT2D eigenvalue weighted by molar-refractivity contribution is 5.70. The van der Waals surface area contributed by atoms with Crippen LogP contribution in [0.25, 0.3) is 11.4 Å². The summed E-state index contributed by atoms with van der Waals surface area (Å²) in [7, 11) is 0. The van der Waals surface area contributed by atoms with Crippen molar-refractivity contribution in [3.05, 3.63) is 77.6 Å². The molecule has 0 saturated heterocycles. The summed E-state index contributed by atoms with van der Waals surface area (Å²) in [5.41, 5.74) is 3.76. The smallest absolute Gasteiger partial charge is 0.307 e. The fourth-order valence-electron chi connectivity index (χ4n) is 3.60. The molecule has 3 aromatic rings. The van der Waals surface area contributed by atoms with E-state index in [1.165, 1.54) is 0 Å². The molecule has 0 amide bonds. The average Bonchev–Trinajstić information content (AvgIpc) is 3.18. The van der Waals surface area contributed by atoms with Gasteiger partial charge in [-0.05, 0) is 50.6 Å². The highest BCUT2D eigenvalue weighted by Gasteiger charge is 2.23. The summed E-state index contributed by atoms with van der Waals surface area (Å²) < 4.78 is 11.3. The number of aromatic nitrogens is 2. The van der Waals surface area contributed by atoms with E-state index in [1.54, 1.807) is 0 Å². The molecule has 0 unspecified atom stereocenters. The average molecular weight is 432 g/mol. The third kappa shape index (κ3) is 5.92. The number of benzene rings is 2. The van der Waals surface area contributed by atoms with Gasteiger partial charge in [0.2, 0.25) is 0 Å². The summed E-state index contributed by atoms with van der Waals surface area (Å²) in [5, 5.41) is 0. The molecular weight excluding hydrogens is 402 g/mol. The Hall–Kier alpha value is -3.25. The number of nitrogens with zero attached hydrogens (tertiary/aromatic N) is 3. The van der Waals surface area contributed by atoms with Crippen molar-refractivity contribution in [1.82, 2.24) is 14.9 Å². The van der Waals surface area contributed by atoms with Crippen LogP contribution in [-0.4, -0.2) is 33.0 Å². The van der Waals surface area contributed by atoms with Gasteiger partial charge in [-0.1, -0.05) is 30.3 Å². The quantitative estimate of drug-likeness (QED) is 0.502. The molecule has 2 aromatic carbocycles. The van der Waals surface area contributed by atoms with Crippen molar-refractivity contribution in [2.24, 2.45) is 0 Å². The van der Waals surface area contributed by atoms with Crippen LogP contribution in [0.2, 0.25) is 0 Å². The maximum absolute atomic E-state index is 12.0. The Morgan fingerprint density at radius 2 is 1.78 bits per heavy atom. The van der Waals surface area contributed by atoms with Crippen molar-refractivity contribution in [3.8, 4) is 17.1 Å². The number of hydrogen-bond acceptors (Lipinski definition) is 6. The minimum absolute atomic E-state index is 0.171. The zero-order valence-corrected chi connectivity index (χ0v) is 18.9. The van der Waals surface area contributed by atoms with Gasteiger partial charge in [-0.15, -0.1) is 0 Å². The largest absolute Gasteiger partial charge is 0.489 e. The Morgan fingerprint density at radius 3 is 2.50 bits per heavy atom. The number of fused-ring (bicyclic) bond motifs is 1. The molecule has 0 fully saturated rings. The van der Waals surface area contributed by atoms with Gasteiger partial charge in [-0.2, -0.15) is 0 Å². The minimum atomic E-state index is -0.451. The normalized spacial score (nSPS) is 13.6. The lowest BCUT2D eigenvalue weighted by atomic mass is 10.2. The molecule has 0 bridgehead atoms. The van der Waals surface area contributed by atoms with E-state index >= 15 is 0 Å². The van der Waals surface area contributed by atoms with Gasteiger partial charge in [0.1, 0.15) is 18.0 Å². The molecule has 166 valence electrons. The maximum Gasteiger partial charge on any atom is 0.307 e. The summed E-state index contributed by atoms with van der Waals surface area (Å²) in [6.45, 7) is 8.31. The van der Waals surface area contributed by atoms with E-state index < -0.39 is 5.60 Å². The summed E-state index contributed by atoms with van der Waals surface area (Å²) in [6.07, 6.45) is 2.26. The number of carbonyl (C=O) groups is 1. The number of esters is 1. The van der Waals surface area contributed by atoms with Crippen LogP contribution in [-0.2, 0) is 29.2 Å². The first kappa shape index (κ1) is 22.0. The van der Waals surface area contributed by atoms with Gasteiger partial charge in [0.05, 0.1) is 12.1 Å². The lowest BCUT2D eigenvalue weighted by molar-refractivity contribution is -0.155. The maximum atomic E-state index is 12.0. The molecule has 0 atom stereocenters. The van der Waals surface area contributed by atoms with E-state index in [1.807, 2.05) is 81.6 Å². The molecular formula is C26H29N3O3. The second kappa shape index (κ2) is 9.49. The van der Waals surface area contributed by atoms with Gasteiger partial charge < -0.3 is 9.47 Å². The summed E-state index contributed by atoms with van der Waals surface area (Å²) in [5.74, 6) is 1.34. The van der Waals surface area contributed by atoms with Gasteiger partial charge in [0.15, 0.2) is 5.82 Å². The molecule has 1 aromatic heterocycles. The van der Waals surface area contributed by atoms with Crippen LogP contribution in [0.15, 0.2) is 60.8 Å². The molecule has 0 saturated carbocycles. The van der Waals surface area contributed by atoms with E-state index in [0.717, 1.165) is 34.7 Å². The second-order valence-electron chi connectivity index (χ2n) is 9.01. The van der Waals surface area contributed by atoms with Crippen molar-refractivity contribution in [1.29, 1.82) is 0 Å². The van der Waals surface area contributed by atoms with Crippen molar-refractivity contribution >= 4 is 5.97 Å². The first-order valence-electron chi connectivity index (χ1n) is 10.9. The Kier molecular flexibility index (Phi) is 6.51. The zero-order valence-electron chi connectivity index (χ0n) is 18.9. The van der Waals surface area contributed by atoms with Gasteiger partial charge in [0, 0.05) is 37.0 Å². The third-order valence-corrected chi connectivity index (χ3v) is 5.13. The van der Waals surface area contributed by atoms with E-state index in [9.17, 15) is 4.79 Å². The van der Waals surface area contributed by atoms with E-state index in [-0.39, 0.29) is 5.97 Å². The third-order valence-electron chi connectivity index (χ3n) is 5.13. The van der Waals surface area contributed by atoms with Crippen molar-refractivity contribution in [3.63, 3.8) is 0 Å². The topological polar surface area (TPSA) is 64.5 Å². The van der Waals surface area contributed by atoms with Crippen LogP contribution >= 0.6 is 0 Å². The molecule has 6 nitrogen and oxygen atoms in total. The first-order chi connectivity index (χ1) is 15.4. The number of hydrogen-bond donors (Lipinski definition) is 0. The van der Waals surface area contributed by atoms with Gasteiger partial charge in [0.25, 0.3) is 0 Å². The van der Waals surface area contributed by atoms with Crippen LogP contribution in [0, 0.1) is 0 Å². The molecule has 1 aliphatic rings. The molecule has 0 aliphatic carbocycles. The Balaban J connectivity index is 1.33. The standard InChI is InChI=1S/C26H29N3O3/c1-26(2,3)32-24(30)13-14-29-16-21-15-27-25(28-23(21)17-29)20-9-11-22(12-10-20)31-18-19-7-5-4-6-8-19/h4-12,15H,13-14,16-18H2,1-3H3. The molecule has 6 heteroatoms.